The molecular formula is C16H24N2O. The number of aliphatic hydroxyl groups is 1. The van der Waals surface area contributed by atoms with Crippen LogP contribution in [0.1, 0.15) is 31.2 Å². The molecule has 0 bridgehead atoms. The van der Waals surface area contributed by atoms with E-state index in [1.54, 1.807) is 0 Å². The molecule has 3 rings (SSSR count). The van der Waals surface area contributed by atoms with E-state index in [0.29, 0.717) is 6.04 Å². The summed E-state index contributed by atoms with van der Waals surface area (Å²) in [5, 5.41) is 10.3. The summed E-state index contributed by atoms with van der Waals surface area (Å²) >= 11 is 0. The van der Waals surface area contributed by atoms with Crippen molar-refractivity contribution in [3.05, 3.63) is 29.8 Å². The molecule has 1 heterocycles. The molecule has 1 saturated carbocycles. The third kappa shape index (κ3) is 2.63. The maximum Gasteiger partial charge on any atom is 0.0695 e. The van der Waals surface area contributed by atoms with Crippen LogP contribution in [0.3, 0.4) is 0 Å². The van der Waals surface area contributed by atoms with Crippen molar-refractivity contribution in [2.24, 2.45) is 0 Å². The van der Waals surface area contributed by atoms with Crippen molar-refractivity contribution < 1.29 is 5.11 Å². The molecule has 1 aromatic rings. The van der Waals surface area contributed by atoms with Gasteiger partial charge in [-0.3, -0.25) is 4.90 Å². The highest BCUT2D eigenvalue weighted by Gasteiger charge is 2.30. The molecule has 3 heteroatoms. The highest BCUT2D eigenvalue weighted by atomic mass is 16.3. The predicted octanol–water partition coefficient (Wildman–Crippen LogP) is 2.24. The van der Waals surface area contributed by atoms with Crippen LogP contribution in [0.25, 0.3) is 0 Å². The van der Waals surface area contributed by atoms with Gasteiger partial charge < -0.3 is 10.0 Å². The van der Waals surface area contributed by atoms with Crippen LogP contribution in [0.15, 0.2) is 24.3 Å². The lowest BCUT2D eigenvalue weighted by Crippen LogP contribution is -2.46. The number of hydrogen-bond donors (Lipinski definition) is 1. The van der Waals surface area contributed by atoms with Gasteiger partial charge in [0, 0.05) is 38.4 Å². The molecule has 0 amide bonds. The molecule has 2 aliphatic rings. The average Bonchev–Trinajstić information content (AvgIpc) is 2.60. The molecule has 19 heavy (non-hydrogen) atoms. The number of nitrogens with zero attached hydrogens (tertiary/aromatic N) is 2. The van der Waals surface area contributed by atoms with Gasteiger partial charge in [-0.25, -0.2) is 0 Å². The Morgan fingerprint density at radius 1 is 1.11 bits per heavy atom. The highest BCUT2D eigenvalue weighted by molar-refractivity contribution is 5.53. The van der Waals surface area contributed by atoms with E-state index < -0.39 is 0 Å². The predicted molar refractivity (Wildman–Crippen MR) is 78.4 cm³/mol. The number of likely N-dealkylation sites (N-methyl/N-ethyl adjacent to an activating group) is 1. The van der Waals surface area contributed by atoms with E-state index >= 15 is 0 Å². The molecule has 1 fully saturated rings. The van der Waals surface area contributed by atoms with Crippen molar-refractivity contribution in [3.8, 4) is 0 Å². The Hall–Kier alpha value is -1.06. The Morgan fingerprint density at radius 2 is 1.89 bits per heavy atom. The Labute approximate surface area is 115 Å². The van der Waals surface area contributed by atoms with Gasteiger partial charge in [-0.2, -0.15) is 0 Å². The fraction of sp³-hybridized carbons (Fsp3) is 0.625. The molecule has 2 atom stereocenters. The van der Waals surface area contributed by atoms with Gasteiger partial charge >= 0.3 is 0 Å². The first-order chi connectivity index (χ1) is 9.25. The Bertz CT molecular complexity index is 435. The lowest BCUT2D eigenvalue weighted by molar-refractivity contribution is 0.0181. The third-order valence-electron chi connectivity index (χ3n) is 4.66. The number of benzene rings is 1. The standard InChI is InChI=1S/C16H24N2O/c1-17-10-11-18(15-8-4-5-9-16(15)19)12-13-6-2-3-7-14(13)17/h2-3,6-7,15-16,19H,4-5,8-12H2,1H3/t15-,16-/m1/s1. The number of aliphatic hydroxyl groups excluding tert-OH is 1. The second kappa shape index (κ2) is 5.51. The summed E-state index contributed by atoms with van der Waals surface area (Å²) in [4.78, 5) is 4.83. The summed E-state index contributed by atoms with van der Waals surface area (Å²) in [5.74, 6) is 0. The maximum atomic E-state index is 10.3. The molecule has 1 aromatic carbocycles. The van der Waals surface area contributed by atoms with Crippen molar-refractivity contribution in [2.75, 3.05) is 25.0 Å². The zero-order valence-electron chi connectivity index (χ0n) is 11.8. The zero-order valence-corrected chi connectivity index (χ0v) is 11.8. The minimum Gasteiger partial charge on any atom is -0.391 e. The van der Waals surface area contributed by atoms with Crippen LogP contribution in [0.4, 0.5) is 5.69 Å². The van der Waals surface area contributed by atoms with Gasteiger partial charge in [-0.15, -0.1) is 0 Å². The van der Waals surface area contributed by atoms with Crippen LogP contribution in [0.5, 0.6) is 0 Å². The molecular weight excluding hydrogens is 236 g/mol. The number of para-hydroxylation sites is 1. The van der Waals surface area contributed by atoms with Gasteiger partial charge in [0.1, 0.15) is 0 Å². The summed E-state index contributed by atoms with van der Waals surface area (Å²) in [7, 11) is 2.17. The Kier molecular flexibility index (Phi) is 3.76. The van der Waals surface area contributed by atoms with Crippen molar-refractivity contribution in [1.82, 2.24) is 4.90 Å². The van der Waals surface area contributed by atoms with Crippen molar-refractivity contribution in [3.63, 3.8) is 0 Å². The van der Waals surface area contributed by atoms with Crippen LogP contribution in [-0.4, -0.2) is 42.3 Å². The summed E-state index contributed by atoms with van der Waals surface area (Å²) < 4.78 is 0. The quantitative estimate of drug-likeness (QED) is 0.839. The molecule has 1 aliphatic carbocycles. The summed E-state index contributed by atoms with van der Waals surface area (Å²) in [6.45, 7) is 3.06. The van der Waals surface area contributed by atoms with Crippen LogP contribution < -0.4 is 4.90 Å². The van der Waals surface area contributed by atoms with Crippen molar-refractivity contribution in [2.45, 2.75) is 44.4 Å². The highest BCUT2D eigenvalue weighted by Crippen LogP contribution is 2.29. The summed E-state index contributed by atoms with van der Waals surface area (Å²) in [5.41, 5.74) is 2.73. The van der Waals surface area contributed by atoms with E-state index in [2.05, 4.69) is 41.1 Å². The van der Waals surface area contributed by atoms with Gasteiger partial charge in [0.15, 0.2) is 0 Å². The largest absolute Gasteiger partial charge is 0.391 e. The molecule has 3 nitrogen and oxygen atoms in total. The van der Waals surface area contributed by atoms with Crippen LogP contribution in [0.2, 0.25) is 0 Å². The van der Waals surface area contributed by atoms with Crippen LogP contribution >= 0.6 is 0 Å². The number of fused-ring (bicyclic) bond motifs is 1. The third-order valence-corrected chi connectivity index (χ3v) is 4.66. The van der Waals surface area contributed by atoms with Gasteiger partial charge in [-0.1, -0.05) is 31.0 Å². The number of anilines is 1. The van der Waals surface area contributed by atoms with E-state index in [-0.39, 0.29) is 6.10 Å². The second-order valence-corrected chi connectivity index (χ2v) is 5.94. The normalized spacial score (nSPS) is 28.8. The summed E-state index contributed by atoms with van der Waals surface area (Å²) in [6.07, 6.45) is 4.42. The van der Waals surface area contributed by atoms with Gasteiger partial charge in [0.05, 0.1) is 6.10 Å². The molecule has 0 aromatic heterocycles. The van der Waals surface area contributed by atoms with Gasteiger partial charge in [-0.05, 0) is 24.5 Å². The minimum atomic E-state index is -0.135. The molecule has 1 N–H and O–H groups in total. The molecule has 0 spiro atoms. The number of hydrogen-bond acceptors (Lipinski definition) is 3. The van der Waals surface area contributed by atoms with Crippen molar-refractivity contribution in [1.29, 1.82) is 0 Å². The topological polar surface area (TPSA) is 26.7 Å². The first-order valence-electron chi connectivity index (χ1n) is 7.47. The molecule has 1 aliphatic heterocycles. The van der Waals surface area contributed by atoms with Gasteiger partial charge in [0.25, 0.3) is 0 Å². The first kappa shape index (κ1) is 12.9. The second-order valence-electron chi connectivity index (χ2n) is 5.94. The first-order valence-corrected chi connectivity index (χ1v) is 7.47. The Balaban J connectivity index is 1.82. The van der Waals surface area contributed by atoms with Crippen molar-refractivity contribution >= 4 is 5.69 Å². The molecule has 0 saturated heterocycles. The zero-order chi connectivity index (χ0) is 13.2. The van der Waals surface area contributed by atoms with E-state index in [1.165, 1.54) is 24.1 Å². The van der Waals surface area contributed by atoms with E-state index in [1.807, 2.05) is 0 Å². The molecule has 0 unspecified atom stereocenters. The Morgan fingerprint density at radius 3 is 2.74 bits per heavy atom. The smallest absolute Gasteiger partial charge is 0.0695 e. The SMILES string of the molecule is CN1CCN([C@@H]2CCCC[C@H]2O)Cc2ccccc21. The lowest BCUT2D eigenvalue weighted by atomic mass is 9.91. The van der Waals surface area contributed by atoms with E-state index in [0.717, 1.165) is 32.5 Å². The fourth-order valence-corrected chi connectivity index (χ4v) is 3.51. The molecule has 0 radical (unpaired) electrons. The fourth-order valence-electron chi connectivity index (χ4n) is 3.51. The van der Waals surface area contributed by atoms with E-state index in [4.69, 9.17) is 0 Å². The monoisotopic (exact) mass is 260 g/mol. The lowest BCUT2D eigenvalue weighted by Gasteiger charge is -2.37. The van der Waals surface area contributed by atoms with Gasteiger partial charge in [0.2, 0.25) is 0 Å². The van der Waals surface area contributed by atoms with Crippen LogP contribution in [0, 0.1) is 0 Å². The maximum absolute atomic E-state index is 10.3. The summed E-state index contributed by atoms with van der Waals surface area (Å²) in [6, 6.07) is 9.01. The van der Waals surface area contributed by atoms with Crippen LogP contribution in [-0.2, 0) is 6.54 Å². The average molecular weight is 260 g/mol. The molecule has 104 valence electrons. The number of rotatable bonds is 1. The van der Waals surface area contributed by atoms with E-state index in [9.17, 15) is 5.11 Å². The minimum absolute atomic E-state index is 0.135.